The third-order valence-electron chi connectivity index (χ3n) is 4.15. The first-order valence-electron chi connectivity index (χ1n) is 8.36. The summed E-state index contributed by atoms with van der Waals surface area (Å²) in [7, 11) is 0. The number of nitrogens with zero attached hydrogens (tertiary/aromatic N) is 1. The summed E-state index contributed by atoms with van der Waals surface area (Å²) in [6, 6.07) is 8.26. The van der Waals surface area contributed by atoms with Crippen LogP contribution >= 0.6 is 11.8 Å². The molecule has 1 N–H and O–H groups in total. The molecule has 0 aliphatic carbocycles. The molecule has 0 fully saturated rings. The van der Waals surface area contributed by atoms with Crippen molar-refractivity contribution in [3.05, 3.63) is 70.5 Å². The Morgan fingerprint density at radius 2 is 1.81 bits per heavy atom. The molecule has 0 saturated heterocycles. The topological polar surface area (TPSA) is 42.0 Å². The predicted molar refractivity (Wildman–Crippen MR) is 100 cm³/mol. The molecule has 0 aliphatic heterocycles. The summed E-state index contributed by atoms with van der Waals surface area (Å²) >= 11 is 1.29. The van der Waals surface area contributed by atoms with Gasteiger partial charge in [0, 0.05) is 11.9 Å². The van der Waals surface area contributed by atoms with Gasteiger partial charge in [-0.05, 0) is 48.1 Å². The highest BCUT2D eigenvalue weighted by Crippen LogP contribution is 2.31. The summed E-state index contributed by atoms with van der Waals surface area (Å²) in [4.78, 5) is 17.0. The molecule has 0 atom stereocenters. The fourth-order valence-electron chi connectivity index (χ4n) is 2.79. The standard InChI is InChI=1S/C20H17F3N2OS/c1-3-27-20-16(19(26)24-10-12-4-6-13(21)7-5-12)11(2)14-8-9-15(22)17(23)18(14)25-20/h4-9H,3,10H2,1-2H3,(H,24,26). The molecule has 3 rings (SSSR count). The van der Waals surface area contributed by atoms with Gasteiger partial charge in [-0.3, -0.25) is 4.79 Å². The molecule has 0 radical (unpaired) electrons. The lowest BCUT2D eigenvalue weighted by atomic mass is 10.0. The summed E-state index contributed by atoms with van der Waals surface area (Å²) in [6.45, 7) is 3.78. The number of hydrogen-bond donors (Lipinski definition) is 1. The molecule has 0 spiro atoms. The maximum absolute atomic E-state index is 14.2. The average molecular weight is 390 g/mol. The first kappa shape index (κ1) is 19.2. The Labute approximate surface area is 159 Å². The fraction of sp³-hybridized carbons (Fsp3) is 0.200. The highest BCUT2D eigenvalue weighted by molar-refractivity contribution is 7.99. The molecule has 7 heteroatoms. The summed E-state index contributed by atoms with van der Waals surface area (Å²) in [5, 5.41) is 3.52. The van der Waals surface area contributed by atoms with E-state index in [9.17, 15) is 18.0 Å². The van der Waals surface area contributed by atoms with Crippen LogP contribution in [0.4, 0.5) is 13.2 Å². The highest BCUT2D eigenvalue weighted by atomic mass is 32.2. The van der Waals surface area contributed by atoms with Crippen molar-refractivity contribution in [2.45, 2.75) is 25.4 Å². The lowest BCUT2D eigenvalue weighted by Crippen LogP contribution is -2.25. The second kappa shape index (κ2) is 8.00. The molecule has 0 bridgehead atoms. The summed E-state index contributed by atoms with van der Waals surface area (Å²) in [5.41, 5.74) is 1.53. The van der Waals surface area contributed by atoms with E-state index in [1.165, 1.54) is 30.0 Å². The van der Waals surface area contributed by atoms with Crippen molar-refractivity contribution in [2.75, 3.05) is 5.75 Å². The Kier molecular flexibility index (Phi) is 5.70. The number of aryl methyl sites for hydroxylation is 1. The van der Waals surface area contributed by atoms with Crippen LogP contribution in [0.15, 0.2) is 41.4 Å². The molecule has 1 amide bonds. The SMILES string of the molecule is CCSc1nc2c(F)c(F)ccc2c(C)c1C(=O)NCc1ccc(F)cc1. The Morgan fingerprint density at radius 3 is 2.48 bits per heavy atom. The van der Waals surface area contributed by atoms with Gasteiger partial charge in [-0.15, -0.1) is 11.8 Å². The van der Waals surface area contributed by atoms with Crippen molar-refractivity contribution in [2.24, 2.45) is 0 Å². The number of nitrogens with one attached hydrogen (secondary N) is 1. The second-order valence-electron chi connectivity index (χ2n) is 5.92. The van der Waals surface area contributed by atoms with E-state index in [0.29, 0.717) is 27.3 Å². The van der Waals surface area contributed by atoms with Gasteiger partial charge < -0.3 is 5.32 Å². The number of carbonyl (C=O) groups excluding carboxylic acids is 1. The van der Waals surface area contributed by atoms with Crippen LogP contribution in [-0.2, 0) is 6.54 Å². The maximum atomic E-state index is 14.2. The van der Waals surface area contributed by atoms with Gasteiger partial charge in [0.25, 0.3) is 5.91 Å². The monoisotopic (exact) mass is 390 g/mol. The second-order valence-corrected chi connectivity index (χ2v) is 7.17. The Morgan fingerprint density at radius 1 is 1.11 bits per heavy atom. The number of amides is 1. The maximum Gasteiger partial charge on any atom is 0.254 e. The van der Waals surface area contributed by atoms with Gasteiger partial charge >= 0.3 is 0 Å². The number of thioether (sulfide) groups is 1. The molecule has 0 saturated carbocycles. The van der Waals surface area contributed by atoms with Crippen LogP contribution in [0.3, 0.4) is 0 Å². The van der Waals surface area contributed by atoms with E-state index in [1.807, 2.05) is 6.92 Å². The van der Waals surface area contributed by atoms with Crippen LogP contribution in [0.2, 0.25) is 0 Å². The van der Waals surface area contributed by atoms with E-state index < -0.39 is 11.6 Å². The van der Waals surface area contributed by atoms with Crippen LogP contribution in [0.1, 0.15) is 28.4 Å². The predicted octanol–water partition coefficient (Wildman–Crippen LogP) is 5.00. The van der Waals surface area contributed by atoms with Crippen LogP contribution in [0.25, 0.3) is 10.9 Å². The molecule has 1 aromatic heterocycles. The zero-order valence-corrected chi connectivity index (χ0v) is 15.6. The first-order chi connectivity index (χ1) is 12.9. The number of aromatic nitrogens is 1. The van der Waals surface area contributed by atoms with Gasteiger partial charge in [0.2, 0.25) is 0 Å². The van der Waals surface area contributed by atoms with Gasteiger partial charge in [0.1, 0.15) is 16.4 Å². The Bertz CT molecular complexity index is 1010. The molecular formula is C20H17F3N2OS. The molecule has 0 aliphatic rings. The van der Waals surface area contributed by atoms with Gasteiger partial charge in [-0.2, -0.15) is 0 Å². The van der Waals surface area contributed by atoms with Crippen molar-refractivity contribution < 1.29 is 18.0 Å². The summed E-state index contributed by atoms with van der Waals surface area (Å²) in [6.07, 6.45) is 0. The smallest absolute Gasteiger partial charge is 0.254 e. The van der Waals surface area contributed by atoms with Crippen molar-refractivity contribution in [1.29, 1.82) is 0 Å². The zero-order valence-electron chi connectivity index (χ0n) is 14.8. The third-order valence-corrected chi connectivity index (χ3v) is 5.01. The fourth-order valence-corrected chi connectivity index (χ4v) is 3.61. The highest BCUT2D eigenvalue weighted by Gasteiger charge is 2.21. The van der Waals surface area contributed by atoms with E-state index in [1.54, 1.807) is 19.1 Å². The average Bonchev–Trinajstić information content (AvgIpc) is 2.65. The van der Waals surface area contributed by atoms with Crippen LogP contribution < -0.4 is 5.32 Å². The van der Waals surface area contributed by atoms with Crippen molar-refractivity contribution in [3.63, 3.8) is 0 Å². The minimum absolute atomic E-state index is 0.0847. The Hall–Kier alpha value is -2.54. The van der Waals surface area contributed by atoms with E-state index in [-0.39, 0.29) is 23.8 Å². The first-order valence-corrected chi connectivity index (χ1v) is 9.34. The molecule has 140 valence electrons. The zero-order chi connectivity index (χ0) is 19.6. The van der Waals surface area contributed by atoms with Gasteiger partial charge in [-0.25, -0.2) is 18.2 Å². The van der Waals surface area contributed by atoms with E-state index in [4.69, 9.17) is 0 Å². The molecule has 1 heterocycles. The minimum Gasteiger partial charge on any atom is -0.348 e. The quantitative estimate of drug-likeness (QED) is 0.623. The van der Waals surface area contributed by atoms with Crippen molar-refractivity contribution in [1.82, 2.24) is 10.3 Å². The molecule has 2 aromatic carbocycles. The number of halogens is 3. The van der Waals surface area contributed by atoms with Crippen LogP contribution in [-0.4, -0.2) is 16.6 Å². The van der Waals surface area contributed by atoms with E-state index in [0.717, 1.165) is 11.6 Å². The minimum atomic E-state index is -1.02. The molecule has 3 nitrogen and oxygen atoms in total. The van der Waals surface area contributed by atoms with Gasteiger partial charge in [0.05, 0.1) is 5.56 Å². The summed E-state index contributed by atoms with van der Waals surface area (Å²) in [5.74, 6) is -2.10. The molecule has 0 unspecified atom stereocenters. The Balaban J connectivity index is 1.99. The van der Waals surface area contributed by atoms with Crippen molar-refractivity contribution >= 4 is 28.6 Å². The molecular weight excluding hydrogens is 373 g/mol. The van der Waals surface area contributed by atoms with E-state index in [2.05, 4.69) is 10.3 Å². The number of carbonyl (C=O) groups is 1. The van der Waals surface area contributed by atoms with Crippen LogP contribution in [0.5, 0.6) is 0 Å². The largest absolute Gasteiger partial charge is 0.348 e. The molecule has 3 aromatic rings. The number of fused-ring (bicyclic) bond motifs is 1. The van der Waals surface area contributed by atoms with E-state index >= 15 is 0 Å². The van der Waals surface area contributed by atoms with Crippen LogP contribution in [0, 0.1) is 24.4 Å². The van der Waals surface area contributed by atoms with Gasteiger partial charge in [-0.1, -0.05) is 19.1 Å². The van der Waals surface area contributed by atoms with Gasteiger partial charge in [0.15, 0.2) is 11.6 Å². The number of benzene rings is 2. The number of pyridine rings is 1. The normalized spacial score (nSPS) is 11.0. The third kappa shape index (κ3) is 3.93. The number of hydrogen-bond acceptors (Lipinski definition) is 3. The van der Waals surface area contributed by atoms with Crippen molar-refractivity contribution in [3.8, 4) is 0 Å². The lowest BCUT2D eigenvalue weighted by molar-refractivity contribution is 0.0947. The number of rotatable bonds is 5. The lowest BCUT2D eigenvalue weighted by Gasteiger charge is -2.14. The summed E-state index contributed by atoms with van der Waals surface area (Å²) < 4.78 is 40.7. The molecule has 27 heavy (non-hydrogen) atoms.